The van der Waals surface area contributed by atoms with Gasteiger partial charge in [0.25, 0.3) is 0 Å². The second-order valence-corrected chi connectivity index (χ2v) is 14.1. The van der Waals surface area contributed by atoms with Gasteiger partial charge in [-0.3, -0.25) is 0 Å². The molecule has 0 radical (unpaired) electrons. The predicted octanol–water partition coefficient (Wildman–Crippen LogP) is 3.64. The van der Waals surface area contributed by atoms with Crippen LogP contribution in [-0.2, 0) is 52.1 Å². The number of fused-ring (bicyclic) bond motifs is 4. The summed E-state index contributed by atoms with van der Waals surface area (Å²) < 4.78 is 71.4. The van der Waals surface area contributed by atoms with Gasteiger partial charge >= 0.3 is 0 Å². The zero-order valence-electron chi connectivity index (χ0n) is 24.7. The maximum atomic E-state index is 6.88. The predicted molar refractivity (Wildman–Crippen MR) is 139 cm³/mol. The summed E-state index contributed by atoms with van der Waals surface area (Å²) in [5.41, 5.74) is 0. The lowest BCUT2D eigenvalue weighted by Crippen LogP contribution is -2.65. The summed E-state index contributed by atoms with van der Waals surface area (Å²) in [5.74, 6) is -2.70. The second kappa shape index (κ2) is 10.0. The SMILES string of the molecule is CC1(C)O[C@H]2O[C@@H]([C@H]3COC(C)(C)O3)[C@H](O[C@@H]3O[C@@H]4COC5(CCCCC5)O[C@@H]4[C@@H]4OC5(CCCCC5)O[C@@H]34)[C@H]2O1. The highest BCUT2D eigenvalue weighted by Crippen LogP contribution is 2.50. The van der Waals surface area contributed by atoms with Crippen LogP contribution in [0.25, 0.3) is 0 Å². The van der Waals surface area contributed by atoms with Gasteiger partial charge in [0.1, 0.15) is 48.8 Å². The van der Waals surface area contributed by atoms with E-state index in [0.29, 0.717) is 13.2 Å². The molecule has 2 saturated carbocycles. The van der Waals surface area contributed by atoms with Gasteiger partial charge in [-0.1, -0.05) is 12.8 Å². The quantitative estimate of drug-likeness (QED) is 0.487. The van der Waals surface area contributed by atoms with Gasteiger partial charge in [-0.15, -0.1) is 0 Å². The van der Waals surface area contributed by atoms with E-state index in [4.69, 9.17) is 52.1 Å². The van der Waals surface area contributed by atoms with Crippen LogP contribution in [0, 0.1) is 0 Å². The van der Waals surface area contributed by atoms with Crippen molar-refractivity contribution in [3.8, 4) is 0 Å². The monoisotopic (exact) mass is 582 g/mol. The van der Waals surface area contributed by atoms with Gasteiger partial charge in [0.2, 0.25) is 0 Å². The molecular formula is C30H46O11. The van der Waals surface area contributed by atoms with Crippen molar-refractivity contribution in [1.82, 2.24) is 0 Å². The standard InChI is InChI=1S/C30H46O11/c1-27(2)31-16-18(36-27)19-21(23-26(34-19)41-28(3,4)37-23)35-25-24-22(39-30(40-24)13-9-6-10-14-30)20-17(33-25)15-32-29(38-20)11-7-5-8-12-29/h17-26H,5-16H2,1-4H3/t17-,18-,19+,20+,21+,22+,23-,24-,25+,26-/m1/s1. The Kier molecular flexibility index (Phi) is 6.87. The van der Waals surface area contributed by atoms with Gasteiger partial charge in [0, 0.05) is 25.7 Å². The van der Waals surface area contributed by atoms with Crippen molar-refractivity contribution in [2.45, 2.75) is 176 Å². The Hall–Kier alpha value is -0.440. The molecule has 10 atom stereocenters. The van der Waals surface area contributed by atoms with Crippen molar-refractivity contribution < 1.29 is 52.1 Å². The Labute approximate surface area is 242 Å². The van der Waals surface area contributed by atoms with Gasteiger partial charge in [0.15, 0.2) is 35.7 Å². The summed E-state index contributed by atoms with van der Waals surface area (Å²) in [6.07, 6.45) is 5.75. The average Bonchev–Trinajstić information content (AvgIpc) is 3.65. The molecule has 6 heterocycles. The van der Waals surface area contributed by atoms with Gasteiger partial charge in [-0.05, 0) is 53.4 Å². The van der Waals surface area contributed by atoms with E-state index in [0.717, 1.165) is 51.4 Å². The molecule has 0 aromatic rings. The van der Waals surface area contributed by atoms with Crippen molar-refractivity contribution in [1.29, 1.82) is 0 Å². The molecule has 2 spiro atoms. The third-order valence-electron chi connectivity index (χ3n) is 10.1. The van der Waals surface area contributed by atoms with E-state index in [-0.39, 0.29) is 24.4 Å². The second-order valence-electron chi connectivity index (χ2n) is 14.1. The first kappa shape index (κ1) is 28.1. The largest absolute Gasteiger partial charge is 0.348 e. The minimum atomic E-state index is -0.798. The molecular weight excluding hydrogens is 536 g/mol. The lowest BCUT2D eigenvalue weighted by atomic mass is 9.90. The third kappa shape index (κ3) is 5.01. The van der Waals surface area contributed by atoms with Crippen LogP contribution in [0.2, 0.25) is 0 Å². The highest BCUT2D eigenvalue weighted by molar-refractivity contribution is 5.04. The lowest BCUT2D eigenvalue weighted by molar-refractivity contribution is -0.391. The Bertz CT molecular complexity index is 975. The van der Waals surface area contributed by atoms with Crippen molar-refractivity contribution in [2.24, 2.45) is 0 Å². The molecule has 0 aromatic heterocycles. The highest BCUT2D eigenvalue weighted by Gasteiger charge is 2.65. The fourth-order valence-electron chi connectivity index (χ4n) is 8.23. The molecule has 0 bridgehead atoms. The maximum Gasteiger partial charge on any atom is 0.190 e. The van der Waals surface area contributed by atoms with Gasteiger partial charge in [-0.25, -0.2) is 0 Å². The highest BCUT2D eigenvalue weighted by atomic mass is 16.9. The van der Waals surface area contributed by atoms with E-state index in [1.807, 2.05) is 27.7 Å². The molecule has 0 N–H and O–H groups in total. The maximum absolute atomic E-state index is 6.88. The smallest absolute Gasteiger partial charge is 0.190 e. The van der Waals surface area contributed by atoms with Crippen LogP contribution in [0.1, 0.15) is 91.9 Å². The summed E-state index contributed by atoms with van der Waals surface area (Å²) in [7, 11) is 0. The van der Waals surface area contributed by atoms with E-state index in [1.165, 1.54) is 12.8 Å². The number of rotatable bonds is 3. The van der Waals surface area contributed by atoms with Crippen LogP contribution in [0.15, 0.2) is 0 Å². The summed E-state index contributed by atoms with van der Waals surface area (Å²) in [4.78, 5) is 0. The summed E-state index contributed by atoms with van der Waals surface area (Å²) in [6, 6.07) is 0. The zero-order valence-corrected chi connectivity index (χ0v) is 24.7. The fourth-order valence-corrected chi connectivity index (χ4v) is 8.23. The molecule has 0 amide bonds. The lowest BCUT2D eigenvalue weighted by Gasteiger charge is -2.51. The molecule has 8 rings (SSSR count). The first-order chi connectivity index (χ1) is 19.6. The third-order valence-corrected chi connectivity index (χ3v) is 10.1. The number of hydrogen-bond donors (Lipinski definition) is 0. The zero-order chi connectivity index (χ0) is 28.0. The minimum Gasteiger partial charge on any atom is -0.348 e. The first-order valence-electron chi connectivity index (χ1n) is 15.9. The number of ether oxygens (including phenoxy) is 11. The Morgan fingerprint density at radius 1 is 0.512 bits per heavy atom. The summed E-state index contributed by atoms with van der Waals surface area (Å²) >= 11 is 0. The van der Waals surface area contributed by atoms with Crippen LogP contribution < -0.4 is 0 Å². The van der Waals surface area contributed by atoms with Gasteiger partial charge in [0.05, 0.1) is 13.2 Å². The number of hydrogen-bond acceptors (Lipinski definition) is 11. The summed E-state index contributed by atoms with van der Waals surface area (Å²) in [5, 5.41) is 0. The molecule has 232 valence electrons. The summed E-state index contributed by atoms with van der Waals surface area (Å²) in [6.45, 7) is 8.39. The van der Waals surface area contributed by atoms with Crippen molar-refractivity contribution in [2.75, 3.05) is 13.2 Å². The van der Waals surface area contributed by atoms with Crippen LogP contribution in [-0.4, -0.2) is 97.8 Å². The van der Waals surface area contributed by atoms with Crippen LogP contribution in [0.4, 0.5) is 0 Å². The Balaban J connectivity index is 1.07. The Morgan fingerprint density at radius 2 is 1.17 bits per heavy atom. The first-order valence-corrected chi connectivity index (χ1v) is 15.9. The van der Waals surface area contributed by atoms with E-state index < -0.39 is 60.1 Å². The molecule has 8 fully saturated rings. The van der Waals surface area contributed by atoms with Crippen molar-refractivity contribution >= 4 is 0 Å². The van der Waals surface area contributed by atoms with Gasteiger partial charge in [-0.2, -0.15) is 0 Å². The van der Waals surface area contributed by atoms with Gasteiger partial charge < -0.3 is 52.1 Å². The molecule has 6 saturated heterocycles. The topological polar surface area (TPSA) is 102 Å². The molecule has 8 aliphatic rings. The minimum absolute atomic E-state index is 0.284. The van der Waals surface area contributed by atoms with Crippen LogP contribution >= 0.6 is 0 Å². The van der Waals surface area contributed by atoms with E-state index in [2.05, 4.69) is 0 Å². The van der Waals surface area contributed by atoms with Crippen molar-refractivity contribution in [3.05, 3.63) is 0 Å². The molecule has 41 heavy (non-hydrogen) atoms. The molecule has 0 aromatic carbocycles. The fraction of sp³-hybridized carbons (Fsp3) is 1.00. The molecule has 11 nitrogen and oxygen atoms in total. The van der Waals surface area contributed by atoms with Crippen LogP contribution in [0.3, 0.4) is 0 Å². The molecule has 2 aliphatic carbocycles. The normalized spacial score (nSPS) is 49.2. The Morgan fingerprint density at radius 3 is 1.88 bits per heavy atom. The average molecular weight is 583 g/mol. The van der Waals surface area contributed by atoms with Crippen LogP contribution in [0.5, 0.6) is 0 Å². The van der Waals surface area contributed by atoms with E-state index in [9.17, 15) is 0 Å². The molecule has 6 aliphatic heterocycles. The molecule has 11 heteroatoms. The molecule has 0 unspecified atom stereocenters. The van der Waals surface area contributed by atoms with E-state index >= 15 is 0 Å². The van der Waals surface area contributed by atoms with E-state index in [1.54, 1.807) is 0 Å². The van der Waals surface area contributed by atoms with Crippen molar-refractivity contribution in [3.63, 3.8) is 0 Å².